The van der Waals surface area contributed by atoms with Crippen molar-refractivity contribution in [2.75, 3.05) is 35.5 Å². The maximum atomic E-state index is 5.25. The van der Waals surface area contributed by atoms with Crippen molar-refractivity contribution in [2.45, 2.75) is 4.90 Å². The summed E-state index contributed by atoms with van der Waals surface area (Å²) in [4.78, 5) is 0.490. The van der Waals surface area contributed by atoms with Gasteiger partial charge in [0.1, 0.15) is 0 Å². The van der Waals surface area contributed by atoms with Crippen molar-refractivity contribution in [3.8, 4) is 28.7 Å². The number of ether oxygens (including phenoxy) is 5. The molecular weight excluding hydrogens is 310 g/mol. The van der Waals surface area contributed by atoms with Gasteiger partial charge in [-0.25, -0.2) is 0 Å². The van der Waals surface area contributed by atoms with Gasteiger partial charge < -0.3 is 23.7 Å². The third-order valence-electron chi connectivity index (χ3n) is 2.28. The Bertz CT molecular complexity index is 378. The molecule has 0 unspecified atom stereocenters. The van der Waals surface area contributed by atoms with Gasteiger partial charge in [-0.2, -0.15) is 0 Å². The molecule has 0 saturated carbocycles. The van der Waals surface area contributed by atoms with Crippen molar-refractivity contribution in [1.29, 1.82) is 0 Å². The standard InChI is InChI=1S/C11H16O5S.Zn/c1-12-6-7(13-2)9(15-4)11(17)10(16-5)8(6)14-3;/h17H,1-5H3;. The second-order valence-electron chi connectivity index (χ2n) is 3.01. The van der Waals surface area contributed by atoms with Gasteiger partial charge in [0.05, 0.1) is 40.4 Å². The first-order valence-corrected chi connectivity index (χ1v) is 5.23. The number of hydrogen-bond donors (Lipinski definition) is 1. The normalized spacial score (nSPS) is 9.22. The Morgan fingerprint density at radius 3 is 1.00 bits per heavy atom. The van der Waals surface area contributed by atoms with E-state index in [1.807, 2.05) is 0 Å². The van der Waals surface area contributed by atoms with Gasteiger partial charge in [-0.3, -0.25) is 0 Å². The van der Waals surface area contributed by atoms with E-state index in [1.165, 1.54) is 35.5 Å². The summed E-state index contributed by atoms with van der Waals surface area (Å²) in [5.41, 5.74) is 0. The topological polar surface area (TPSA) is 46.2 Å². The van der Waals surface area contributed by atoms with Crippen molar-refractivity contribution < 1.29 is 43.2 Å². The van der Waals surface area contributed by atoms with Gasteiger partial charge in [0.2, 0.25) is 17.2 Å². The number of benzene rings is 1. The fourth-order valence-corrected chi connectivity index (χ4v) is 1.95. The maximum absolute atomic E-state index is 5.25. The monoisotopic (exact) mass is 324 g/mol. The zero-order chi connectivity index (χ0) is 13.0. The van der Waals surface area contributed by atoms with Crippen LogP contribution in [0, 0.1) is 0 Å². The maximum Gasteiger partial charge on any atom is 0.211 e. The van der Waals surface area contributed by atoms with E-state index in [-0.39, 0.29) is 19.5 Å². The average molecular weight is 326 g/mol. The van der Waals surface area contributed by atoms with E-state index in [0.717, 1.165) is 0 Å². The minimum atomic E-state index is 0. The molecule has 18 heavy (non-hydrogen) atoms. The predicted octanol–water partition coefficient (Wildman–Crippen LogP) is 2.02. The Kier molecular flexibility index (Phi) is 7.25. The molecule has 7 heteroatoms. The van der Waals surface area contributed by atoms with Gasteiger partial charge in [0.25, 0.3) is 0 Å². The molecule has 0 atom stereocenters. The quantitative estimate of drug-likeness (QED) is 0.663. The second kappa shape index (κ2) is 7.59. The molecular formula is C11H16O5SZn. The molecule has 1 aromatic rings. The summed E-state index contributed by atoms with van der Waals surface area (Å²) in [6.45, 7) is 0. The Morgan fingerprint density at radius 2 is 0.778 bits per heavy atom. The zero-order valence-electron chi connectivity index (χ0n) is 11.2. The Hall–Kier alpha value is -0.807. The van der Waals surface area contributed by atoms with E-state index in [9.17, 15) is 0 Å². The molecule has 0 aliphatic heterocycles. The first-order chi connectivity index (χ1) is 8.15. The molecule has 0 bridgehead atoms. The fraction of sp³-hybridized carbons (Fsp3) is 0.455. The van der Waals surface area contributed by atoms with E-state index >= 15 is 0 Å². The summed E-state index contributed by atoms with van der Waals surface area (Å²) in [6.07, 6.45) is 0. The van der Waals surface area contributed by atoms with Crippen LogP contribution in [0.4, 0.5) is 0 Å². The summed E-state index contributed by atoms with van der Waals surface area (Å²) in [6, 6.07) is 0. The van der Waals surface area contributed by atoms with E-state index in [2.05, 4.69) is 12.6 Å². The van der Waals surface area contributed by atoms with Crippen LogP contribution >= 0.6 is 12.6 Å². The first-order valence-electron chi connectivity index (χ1n) is 4.79. The molecule has 5 nitrogen and oxygen atoms in total. The van der Waals surface area contributed by atoms with Crippen LogP contribution in [-0.2, 0) is 19.5 Å². The first kappa shape index (κ1) is 17.2. The smallest absolute Gasteiger partial charge is 0.211 e. The van der Waals surface area contributed by atoms with Crippen LogP contribution in [0.25, 0.3) is 0 Å². The van der Waals surface area contributed by atoms with Crippen LogP contribution < -0.4 is 23.7 Å². The zero-order valence-corrected chi connectivity index (χ0v) is 15.1. The second-order valence-corrected chi connectivity index (χ2v) is 3.46. The van der Waals surface area contributed by atoms with Crippen LogP contribution in [0.2, 0.25) is 0 Å². The van der Waals surface area contributed by atoms with Crippen LogP contribution in [0.15, 0.2) is 4.90 Å². The molecule has 0 spiro atoms. The largest absolute Gasteiger partial charge is 0.492 e. The Balaban J connectivity index is 0.00000289. The van der Waals surface area contributed by atoms with Crippen molar-refractivity contribution in [3.63, 3.8) is 0 Å². The van der Waals surface area contributed by atoms with Gasteiger partial charge in [-0.1, -0.05) is 0 Å². The van der Waals surface area contributed by atoms with E-state index in [0.29, 0.717) is 33.6 Å². The third kappa shape index (κ3) is 2.78. The summed E-state index contributed by atoms with van der Waals surface area (Å²) in [5.74, 6) is 2.10. The van der Waals surface area contributed by atoms with Gasteiger partial charge in [0.15, 0.2) is 11.5 Å². The number of rotatable bonds is 5. The average Bonchev–Trinajstić information content (AvgIpc) is 2.36. The van der Waals surface area contributed by atoms with Crippen LogP contribution in [-0.4, -0.2) is 35.5 Å². The van der Waals surface area contributed by atoms with Crippen LogP contribution in [0.3, 0.4) is 0 Å². The molecule has 1 aromatic carbocycles. The number of hydrogen-bond acceptors (Lipinski definition) is 6. The van der Waals surface area contributed by atoms with Gasteiger partial charge in [-0.15, -0.1) is 12.6 Å². The molecule has 0 saturated heterocycles. The molecule has 0 fully saturated rings. The summed E-state index contributed by atoms with van der Waals surface area (Å²) in [5, 5.41) is 0. The van der Waals surface area contributed by atoms with Crippen LogP contribution in [0.5, 0.6) is 28.7 Å². The molecule has 0 amide bonds. The fourth-order valence-electron chi connectivity index (χ4n) is 1.56. The van der Waals surface area contributed by atoms with E-state index in [4.69, 9.17) is 23.7 Å². The predicted molar refractivity (Wildman–Crippen MR) is 66.5 cm³/mol. The molecule has 0 radical (unpaired) electrons. The Labute approximate surface area is 125 Å². The molecule has 0 aromatic heterocycles. The summed E-state index contributed by atoms with van der Waals surface area (Å²) in [7, 11) is 7.57. The van der Waals surface area contributed by atoms with Crippen molar-refractivity contribution in [3.05, 3.63) is 0 Å². The van der Waals surface area contributed by atoms with Gasteiger partial charge in [-0.05, 0) is 0 Å². The molecule has 0 aliphatic rings. The summed E-state index contributed by atoms with van der Waals surface area (Å²) >= 11 is 4.34. The minimum Gasteiger partial charge on any atom is -0.492 e. The van der Waals surface area contributed by atoms with Crippen molar-refractivity contribution in [1.82, 2.24) is 0 Å². The minimum absolute atomic E-state index is 0. The molecule has 1 rings (SSSR count). The summed E-state index contributed by atoms with van der Waals surface area (Å²) < 4.78 is 26.2. The van der Waals surface area contributed by atoms with Gasteiger partial charge in [0, 0.05) is 19.5 Å². The molecule has 98 valence electrons. The SMILES string of the molecule is COc1c(S)c(OC)c(OC)c(OC)c1OC.[Zn]. The Morgan fingerprint density at radius 1 is 0.556 bits per heavy atom. The molecule has 0 heterocycles. The van der Waals surface area contributed by atoms with E-state index in [1.54, 1.807) is 0 Å². The number of methoxy groups -OCH3 is 5. The molecule has 0 aliphatic carbocycles. The van der Waals surface area contributed by atoms with Gasteiger partial charge >= 0.3 is 0 Å². The number of thiol groups is 1. The third-order valence-corrected chi connectivity index (χ3v) is 2.68. The van der Waals surface area contributed by atoms with Crippen molar-refractivity contribution >= 4 is 12.6 Å². The van der Waals surface area contributed by atoms with Crippen LogP contribution in [0.1, 0.15) is 0 Å². The van der Waals surface area contributed by atoms with Crippen molar-refractivity contribution in [2.24, 2.45) is 0 Å². The molecule has 0 N–H and O–H groups in total. The van der Waals surface area contributed by atoms with E-state index < -0.39 is 0 Å².